The molecule has 38 heavy (non-hydrogen) atoms. The van der Waals surface area contributed by atoms with E-state index in [1.165, 1.54) is 10.9 Å². The van der Waals surface area contributed by atoms with Gasteiger partial charge >= 0.3 is 0 Å². The van der Waals surface area contributed by atoms with E-state index in [2.05, 4.69) is 40.9 Å². The molecule has 4 aromatic rings. The number of rotatable bonds is 9. The number of H-pyrrole nitrogens is 1. The van der Waals surface area contributed by atoms with Crippen LogP contribution in [0.1, 0.15) is 36.8 Å². The van der Waals surface area contributed by atoms with Crippen molar-refractivity contribution >= 4 is 23.5 Å². The van der Waals surface area contributed by atoms with Gasteiger partial charge in [-0.3, -0.25) is 9.89 Å². The predicted octanol–water partition coefficient (Wildman–Crippen LogP) is 2.75. The topological polar surface area (TPSA) is 139 Å². The normalized spacial score (nSPS) is 15.1. The molecule has 1 aliphatic heterocycles. The summed E-state index contributed by atoms with van der Waals surface area (Å²) in [5.41, 5.74) is 1.49. The Morgan fingerprint density at radius 3 is 2.66 bits per heavy atom. The highest BCUT2D eigenvalue weighted by atomic mass is 19.1. The molecule has 1 atom stereocenters. The Kier molecular flexibility index (Phi) is 6.76. The molecule has 12 nitrogen and oxygen atoms in total. The molecule has 0 radical (unpaired) electrons. The van der Waals surface area contributed by atoms with Crippen molar-refractivity contribution in [3.05, 3.63) is 65.6 Å². The lowest BCUT2D eigenvalue weighted by Crippen LogP contribution is -2.70. The van der Waals surface area contributed by atoms with E-state index in [0.29, 0.717) is 43.1 Å². The van der Waals surface area contributed by atoms with Gasteiger partial charge in [0.15, 0.2) is 23.1 Å². The smallest absolute Gasteiger partial charge is 0.256 e. The van der Waals surface area contributed by atoms with Crippen LogP contribution in [0.2, 0.25) is 0 Å². The number of hydrogen-bond acceptors (Lipinski definition) is 9. The summed E-state index contributed by atoms with van der Waals surface area (Å²) in [5.74, 6) is 1.59. The third-order valence-corrected chi connectivity index (χ3v) is 6.22. The molecule has 0 aromatic carbocycles. The molecule has 0 spiro atoms. The molecule has 1 saturated heterocycles. The molecule has 3 N–H and O–H groups in total. The van der Waals surface area contributed by atoms with Crippen molar-refractivity contribution in [3.63, 3.8) is 0 Å². The van der Waals surface area contributed by atoms with Gasteiger partial charge in [0, 0.05) is 36.3 Å². The monoisotopic (exact) mass is 520 g/mol. The summed E-state index contributed by atoms with van der Waals surface area (Å²) in [6.45, 7) is 8.54. The predicted molar refractivity (Wildman–Crippen MR) is 138 cm³/mol. The largest absolute Gasteiger partial charge is 0.362 e. The average Bonchev–Trinajstić information content (AvgIpc) is 3.48. The lowest BCUT2D eigenvalue weighted by Gasteiger charge is -2.48. The maximum Gasteiger partial charge on any atom is 0.256 e. The van der Waals surface area contributed by atoms with Gasteiger partial charge in [-0.1, -0.05) is 6.07 Å². The van der Waals surface area contributed by atoms with Crippen molar-refractivity contribution < 1.29 is 13.9 Å². The zero-order valence-corrected chi connectivity index (χ0v) is 21.6. The molecule has 1 amide bonds. The molecule has 1 fully saturated rings. The molecular formula is C25H29FN10O2. The van der Waals surface area contributed by atoms with E-state index in [1.54, 1.807) is 12.3 Å². The van der Waals surface area contributed by atoms with Crippen molar-refractivity contribution in [1.82, 2.24) is 40.2 Å². The fourth-order valence-electron chi connectivity index (χ4n) is 4.29. The number of anilines is 3. The van der Waals surface area contributed by atoms with E-state index in [9.17, 15) is 9.18 Å². The summed E-state index contributed by atoms with van der Waals surface area (Å²) in [6, 6.07) is 6.93. The van der Waals surface area contributed by atoms with Crippen LogP contribution in [0.25, 0.3) is 5.82 Å². The zero-order chi connectivity index (χ0) is 26.9. The van der Waals surface area contributed by atoms with Crippen LogP contribution in [0.3, 0.4) is 0 Å². The fraction of sp³-hybridized carbons (Fsp3) is 0.360. The van der Waals surface area contributed by atoms with Gasteiger partial charge in [0.1, 0.15) is 5.82 Å². The minimum Gasteiger partial charge on any atom is -0.362 e. The molecule has 0 bridgehead atoms. The number of amides is 1. The SMILES string of the molecule is CCOC1(C(=O)N[C@@H](C)c2ccc(-n3cc(F)cn3)nc2)CN(c2nc(C)cc(Nc3cc(C)[nH]n3)n2)C1. The minimum atomic E-state index is -1.02. The number of carbonyl (C=O) groups excluding carboxylic acids is 1. The van der Waals surface area contributed by atoms with Crippen LogP contribution in [-0.4, -0.2) is 66.1 Å². The number of aromatic amines is 1. The van der Waals surface area contributed by atoms with E-state index < -0.39 is 11.4 Å². The van der Waals surface area contributed by atoms with E-state index in [1.807, 2.05) is 50.8 Å². The average molecular weight is 521 g/mol. The Morgan fingerprint density at radius 1 is 1.21 bits per heavy atom. The molecule has 0 saturated carbocycles. The van der Waals surface area contributed by atoms with Crippen LogP contribution in [0.4, 0.5) is 22.0 Å². The Hall–Kier alpha value is -4.39. The maximum atomic E-state index is 13.4. The summed E-state index contributed by atoms with van der Waals surface area (Å²) in [6.07, 6.45) is 4.00. The van der Waals surface area contributed by atoms with Crippen LogP contribution in [0.5, 0.6) is 0 Å². The first-order chi connectivity index (χ1) is 18.2. The van der Waals surface area contributed by atoms with Gasteiger partial charge in [-0.05, 0) is 39.3 Å². The minimum absolute atomic E-state index is 0.223. The standard InChI is InChI=1S/C25H29FN10O2/c1-5-38-25(23(37)30-17(4)18-6-7-22(27-10-18)36-12-19(26)11-28-36)13-35(14-25)24-29-15(2)8-20(32-24)31-21-9-16(3)33-34-21/h6-12,17H,5,13-14H2,1-4H3,(H,30,37)(H2,29,31,32,33,34)/t17-/m0/s1. The number of halogens is 1. The van der Waals surface area contributed by atoms with Gasteiger partial charge in [0.25, 0.3) is 5.91 Å². The third kappa shape index (κ3) is 5.18. The maximum absolute atomic E-state index is 13.4. The first-order valence-electron chi connectivity index (χ1n) is 12.3. The Balaban J connectivity index is 1.25. The van der Waals surface area contributed by atoms with Gasteiger partial charge in [0.2, 0.25) is 5.95 Å². The van der Waals surface area contributed by atoms with Crippen molar-refractivity contribution in [1.29, 1.82) is 0 Å². The Morgan fingerprint density at radius 2 is 2.03 bits per heavy atom. The molecular weight excluding hydrogens is 491 g/mol. The molecule has 0 unspecified atom stereocenters. The number of ether oxygens (including phenoxy) is 1. The number of nitrogens with zero attached hydrogens (tertiary/aromatic N) is 7. The lowest BCUT2D eigenvalue weighted by molar-refractivity contribution is -0.151. The van der Waals surface area contributed by atoms with Gasteiger partial charge < -0.3 is 20.3 Å². The second-order valence-electron chi connectivity index (χ2n) is 9.29. The van der Waals surface area contributed by atoms with Gasteiger partial charge in [-0.25, -0.2) is 19.0 Å². The second-order valence-corrected chi connectivity index (χ2v) is 9.29. The first kappa shape index (κ1) is 25.3. The van der Waals surface area contributed by atoms with Gasteiger partial charge in [-0.15, -0.1) is 0 Å². The van der Waals surface area contributed by atoms with Crippen LogP contribution in [0, 0.1) is 19.7 Å². The quantitative estimate of drug-likeness (QED) is 0.304. The highest BCUT2D eigenvalue weighted by Crippen LogP contribution is 2.31. The number of aryl methyl sites for hydroxylation is 2. The molecule has 0 aliphatic carbocycles. The molecule has 198 valence electrons. The molecule has 13 heteroatoms. The van der Waals surface area contributed by atoms with Crippen LogP contribution < -0.4 is 15.5 Å². The number of aromatic nitrogens is 7. The number of hydrogen-bond donors (Lipinski definition) is 3. The van der Waals surface area contributed by atoms with Crippen molar-refractivity contribution in [2.75, 3.05) is 29.9 Å². The molecule has 5 rings (SSSR count). The third-order valence-electron chi connectivity index (χ3n) is 6.22. The van der Waals surface area contributed by atoms with E-state index in [0.717, 1.165) is 23.1 Å². The van der Waals surface area contributed by atoms with Gasteiger partial charge in [-0.2, -0.15) is 15.2 Å². The van der Waals surface area contributed by atoms with Gasteiger partial charge in [0.05, 0.1) is 31.5 Å². The summed E-state index contributed by atoms with van der Waals surface area (Å²) in [7, 11) is 0. The van der Waals surface area contributed by atoms with Crippen molar-refractivity contribution in [3.8, 4) is 5.82 Å². The fourth-order valence-corrected chi connectivity index (χ4v) is 4.29. The molecule has 4 aromatic heterocycles. The molecule has 1 aliphatic rings. The van der Waals surface area contributed by atoms with E-state index >= 15 is 0 Å². The van der Waals surface area contributed by atoms with E-state index in [-0.39, 0.29) is 11.9 Å². The van der Waals surface area contributed by atoms with Crippen molar-refractivity contribution in [2.45, 2.75) is 39.3 Å². The van der Waals surface area contributed by atoms with Crippen LogP contribution >= 0.6 is 0 Å². The second kappa shape index (κ2) is 10.2. The zero-order valence-electron chi connectivity index (χ0n) is 21.6. The Bertz CT molecular complexity index is 1430. The lowest BCUT2D eigenvalue weighted by atomic mass is 9.92. The van der Waals surface area contributed by atoms with Crippen molar-refractivity contribution in [2.24, 2.45) is 0 Å². The summed E-state index contributed by atoms with van der Waals surface area (Å²) >= 11 is 0. The first-order valence-corrected chi connectivity index (χ1v) is 12.3. The number of pyridine rings is 1. The number of carbonyl (C=O) groups is 1. The summed E-state index contributed by atoms with van der Waals surface area (Å²) in [5, 5.41) is 17.2. The Labute approximate surface area is 218 Å². The van der Waals surface area contributed by atoms with Crippen LogP contribution in [-0.2, 0) is 9.53 Å². The summed E-state index contributed by atoms with van der Waals surface area (Å²) < 4.78 is 20.6. The highest BCUT2D eigenvalue weighted by Gasteiger charge is 2.51. The number of nitrogens with one attached hydrogen (secondary N) is 3. The molecule has 5 heterocycles. The highest BCUT2D eigenvalue weighted by molar-refractivity contribution is 5.89. The summed E-state index contributed by atoms with van der Waals surface area (Å²) in [4.78, 5) is 28.8. The van der Waals surface area contributed by atoms with E-state index in [4.69, 9.17) is 4.74 Å². The van der Waals surface area contributed by atoms with Crippen LogP contribution in [0.15, 0.2) is 42.9 Å².